The monoisotopic (exact) mass is 431 g/mol. The van der Waals surface area contributed by atoms with Gasteiger partial charge in [-0.15, -0.1) is 0 Å². The highest BCUT2D eigenvalue weighted by Crippen LogP contribution is 2.54. The Morgan fingerprint density at radius 2 is 1.87 bits per heavy atom. The van der Waals surface area contributed by atoms with E-state index in [0.29, 0.717) is 17.9 Å². The molecule has 0 aliphatic heterocycles. The molecule has 3 rings (SSSR count). The van der Waals surface area contributed by atoms with Gasteiger partial charge in [-0.05, 0) is 37.0 Å². The van der Waals surface area contributed by atoms with Crippen LogP contribution in [0, 0.1) is 5.92 Å². The average molecular weight is 432 g/mol. The molecule has 1 aromatic carbocycles. The normalized spacial score (nSPS) is 19.6. The van der Waals surface area contributed by atoms with Crippen molar-refractivity contribution >= 4 is 21.8 Å². The number of hydrogen-bond donors (Lipinski definition) is 0. The van der Waals surface area contributed by atoms with E-state index in [1.807, 2.05) is 49.4 Å². The van der Waals surface area contributed by atoms with Gasteiger partial charge in [0.15, 0.2) is 11.4 Å². The third kappa shape index (κ3) is 5.12. The quantitative estimate of drug-likeness (QED) is 0.240. The summed E-state index contributed by atoms with van der Waals surface area (Å²) in [6.07, 6.45) is 2.86. The zero-order chi connectivity index (χ0) is 21.9. The Morgan fingerprint density at radius 1 is 1.20 bits per heavy atom. The maximum Gasteiger partial charge on any atom is 0.412 e. The molecule has 160 valence electrons. The first-order chi connectivity index (χ1) is 14.2. The van der Waals surface area contributed by atoms with Crippen LogP contribution in [0.2, 0.25) is 0 Å². The molecule has 1 aromatic rings. The Hall–Kier alpha value is -2.14. The predicted octanol–water partition coefficient (Wildman–Crippen LogP) is 7.59. The molecular formula is C25H28F3NS. The molecule has 2 aliphatic carbocycles. The molecule has 0 amide bonds. The topological polar surface area (TPSA) is 14.1 Å². The van der Waals surface area contributed by atoms with E-state index in [1.54, 1.807) is 11.4 Å². The lowest BCUT2D eigenvalue weighted by Crippen LogP contribution is -2.19. The minimum absolute atomic E-state index is 0.0469. The van der Waals surface area contributed by atoms with Gasteiger partial charge < -0.3 is 5.32 Å². The van der Waals surface area contributed by atoms with Crippen LogP contribution in [0.5, 0.6) is 0 Å². The van der Waals surface area contributed by atoms with Crippen molar-refractivity contribution in [3.05, 3.63) is 82.2 Å². The second kappa shape index (κ2) is 8.93. The van der Waals surface area contributed by atoms with Gasteiger partial charge in [0, 0.05) is 11.5 Å². The third-order valence-corrected chi connectivity index (χ3v) is 7.03. The Labute approximate surface area is 181 Å². The largest absolute Gasteiger partial charge is 0.625 e. The van der Waals surface area contributed by atoms with Crippen molar-refractivity contribution in [1.29, 1.82) is 0 Å². The molecule has 0 bridgehead atoms. The van der Waals surface area contributed by atoms with E-state index < -0.39 is 17.3 Å². The number of alkyl halides is 3. The van der Waals surface area contributed by atoms with Gasteiger partial charge in [-0.2, -0.15) is 13.2 Å². The molecule has 2 aliphatic rings. The number of allylic oxidation sites excluding steroid dienone is 4. The highest BCUT2D eigenvalue weighted by molar-refractivity contribution is 7.83. The van der Waals surface area contributed by atoms with E-state index in [1.165, 1.54) is 6.08 Å². The van der Waals surface area contributed by atoms with Crippen molar-refractivity contribution in [3.8, 4) is 0 Å². The van der Waals surface area contributed by atoms with Crippen molar-refractivity contribution in [2.24, 2.45) is 5.92 Å². The van der Waals surface area contributed by atoms with E-state index in [4.69, 9.17) is 5.32 Å². The van der Waals surface area contributed by atoms with Crippen molar-refractivity contribution < 1.29 is 13.2 Å². The van der Waals surface area contributed by atoms with Crippen LogP contribution in [0.25, 0.3) is 10.9 Å². The van der Waals surface area contributed by atoms with Gasteiger partial charge in [-0.3, -0.25) is 0 Å². The third-order valence-electron chi connectivity index (χ3n) is 5.56. The minimum Gasteiger partial charge on any atom is -0.625 e. The number of halogens is 3. The van der Waals surface area contributed by atoms with Gasteiger partial charge in [-0.1, -0.05) is 86.9 Å². The lowest BCUT2D eigenvalue weighted by Gasteiger charge is -2.34. The maximum atomic E-state index is 13.3. The second-order valence-electron chi connectivity index (χ2n) is 8.17. The van der Waals surface area contributed by atoms with Crippen molar-refractivity contribution in [2.75, 3.05) is 0 Å². The Bertz CT molecular complexity index is 913. The van der Waals surface area contributed by atoms with Crippen LogP contribution in [0.4, 0.5) is 13.2 Å². The summed E-state index contributed by atoms with van der Waals surface area (Å²) in [6, 6.07) is 10.0. The zero-order valence-electron chi connectivity index (χ0n) is 17.7. The molecule has 0 saturated heterocycles. The molecule has 0 spiro atoms. The van der Waals surface area contributed by atoms with E-state index in [2.05, 4.69) is 20.4 Å². The summed E-state index contributed by atoms with van der Waals surface area (Å²) in [5, 5.41) is 5.96. The molecule has 5 heteroatoms. The minimum atomic E-state index is -4.27. The molecule has 1 nitrogen and oxygen atoms in total. The van der Waals surface area contributed by atoms with Gasteiger partial charge >= 0.3 is 6.18 Å². The molecular weight excluding hydrogens is 403 g/mol. The van der Waals surface area contributed by atoms with Crippen molar-refractivity contribution in [2.45, 2.75) is 58.2 Å². The van der Waals surface area contributed by atoms with Crippen LogP contribution in [0.3, 0.4) is 0 Å². The smallest absolute Gasteiger partial charge is 0.412 e. The maximum absolute atomic E-state index is 13.3. The summed E-state index contributed by atoms with van der Waals surface area (Å²) >= 11 is 1.58. The van der Waals surface area contributed by atoms with Crippen molar-refractivity contribution in [3.63, 3.8) is 0 Å². The fourth-order valence-corrected chi connectivity index (χ4v) is 4.56. The highest BCUT2D eigenvalue weighted by atomic mass is 32.1. The van der Waals surface area contributed by atoms with E-state index >= 15 is 0 Å². The lowest BCUT2D eigenvalue weighted by atomic mass is 9.93. The molecule has 0 unspecified atom stereocenters. The van der Waals surface area contributed by atoms with Crippen LogP contribution in [-0.4, -0.2) is 16.6 Å². The molecule has 0 atom stereocenters. The number of benzene rings is 1. The summed E-state index contributed by atoms with van der Waals surface area (Å²) in [4.78, 5) is 1.10. The molecule has 30 heavy (non-hydrogen) atoms. The molecule has 0 heterocycles. The van der Waals surface area contributed by atoms with Crippen LogP contribution < -0.4 is 0 Å². The Morgan fingerprint density at radius 3 is 2.40 bits per heavy atom. The van der Waals surface area contributed by atoms with E-state index in [9.17, 15) is 13.2 Å². The zero-order valence-corrected chi connectivity index (χ0v) is 18.5. The molecule has 0 N–H and O–H groups in total. The van der Waals surface area contributed by atoms with Crippen LogP contribution in [0.1, 0.15) is 52.0 Å². The average Bonchev–Trinajstić information content (AvgIpc) is 3.51. The van der Waals surface area contributed by atoms with E-state index in [-0.39, 0.29) is 6.42 Å². The van der Waals surface area contributed by atoms with Crippen LogP contribution >= 0.6 is 0 Å². The Balaban J connectivity index is 2.01. The number of hydrogen-bond acceptors (Lipinski definition) is 0. The van der Waals surface area contributed by atoms with Crippen LogP contribution in [0.15, 0.2) is 71.3 Å². The first-order valence-corrected chi connectivity index (χ1v) is 11.1. The summed E-state index contributed by atoms with van der Waals surface area (Å²) in [6.45, 7) is 10.2. The highest BCUT2D eigenvalue weighted by Gasteiger charge is 2.41. The summed E-state index contributed by atoms with van der Waals surface area (Å²) in [5.74, 6) is 0.294. The molecule has 1 fully saturated rings. The van der Waals surface area contributed by atoms with Gasteiger partial charge in [0.2, 0.25) is 4.86 Å². The van der Waals surface area contributed by atoms with Gasteiger partial charge in [0.05, 0.1) is 0 Å². The first-order valence-electron chi connectivity index (χ1n) is 10.3. The van der Waals surface area contributed by atoms with Gasteiger partial charge in [0.1, 0.15) is 5.03 Å². The number of nitrogens with zero attached hydrogens (tertiary/aromatic N) is 1. The SMILES string of the molecule is C=CC(=[S+]/C([N-]C1(C2=CCCC(C(F)(F)F)=C2)CC1)=C(\C)c1ccccc1)C(C)C. The summed E-state index contributed by atoms with van der Waals surface area (Å²) in [5.41, 5.74) is 1.82. The standard InChI is InChI=1S/C25H28F3NS/c1-5-22(17(2)3)30-23(18(4)19-10-7-6-8-11-19)29-24(14-15-24)20-12-9-13-21(16-20)25(26,27)28/h5-8,10-12,16-17H,1,9,13-15H2,2-4H3/b23-18+. The van der Waals surface area contributed by atoms with Gasteiger partial charge in [-0.25, -0.2) is 0 Å². The lowest BCUT2D eigenvalue weighted by molar-refractivity contribution is -0.0941. The van der Waals surface area contributed by atoms with E-state index in [0.717, 1.165) is 33.9 Å². The fraction of sp³-hybridized carbons (Fsp3) is 0.400. The van der Waals surface area contributed by atoms with Crippen LogP contribution in [-0.2, 0) is 11.4 Å². The predicted molar refractivity (Wildman–Crippen MR) is 123 cm³/mol. The van der Waals surface area contributed by atoms with Crippen molar-refractivity contribution in [1.82, 2.24) is 0 Å². The molecule has 0 aromatic heterocycles. The molecule has 0 radical (unpaired) electrons. The number of rotatable bonds is 7. The fourth-order valence-electron chi connectivity index (χ4n) is 3.53. The summed E-state index contributed by atoms with van der Waals surface area (Å²) in [7, 11) is 0. The Kier molecular flexibility index (Phi) is 6.71. The van der Waals surface area contributed by atoms with Gasteiger partial charge in [0.25, 0.3) is 0 Å². The molecule has 1 saturated carbocycles. The first kappa shape index (κ1) is 22.5. The second-order valence-corrected chi connectivity index (χ2v) is 9.23. The summed E-state index contributed by atoms with van der Waals surface area (Å²) < 4.78 is 39.9.